The molecule has 0 heterocycles. The summed E-state index contributed by atoms with van der Waals surface area (Å²) in [6, 6.07) is 9.39. The molecule has 21 heavy (non-hydrogen) atoms. The van der Waals surface area contributed by atoms with Gasteiger partial charge in [0.2, 0.25) is 5.91 Å². The summed E-state index contributed by atoms with van der Waals surface area (Å²) >= 11 is 0. The first-order valence-electron chi connectivity index (χ1n) is 7.10. The standard InChI is InChI=1S/C16H24N2O3/c1-5-21-15(19)12-18(13(2)16(20)17(3)4)11-14-9-7-6-8-10-14/h6-10,13H,5,11-12H2,1-4H3. The third-order valence-electron chi connectivity index (χ3n) is 3.21. The summed E-state index contributed by atoms with van der Waals surface area (Å²) in [5.41, 5.74) is 1.06. The zero-order chi connectivity index (χ0) is 15.8. The summed E-state index contributed by atoms with van der Waals surface area (Å²) in [5, 5.41) is 0. The number of carbonyl (C=O) groups excluding carboxylic acids is 2. The van der Waals surface area contributed by atoms with Gasteiger partial charge in [0.15, 0.2) is 0 Å². The van der Waals surface area contributed by atoms with Crippen LogP contribution in [0.5, 0.6) is 0 Å². The molecule has 0 aliphatic carbocycles. The van der Waals surface area contributed by atoms with Crippen LogP contribution in [0.4, 0.5) is 0 Å². The van der Waals surface area contributed by atoms with Gasteiger partial charge in [-0.05, 0) is 19.4 Å². The molecule has 0 fully saturated rings. The van der Waals surface area contributed by atoms with Gasteiger partial charge in [-0.25, -0.2) is 0 Å². The zero-order valence-corrected chi connectivity index (χ0v) is 13.2. The molecule has 1 aromatic carbocycles. The lowest BCUT2D eigenvalue weighted by molar-refractivity contribution is -0.146. The molecule has 0 aliphatic heterocycles. The minimum Gasteiger partial charge on any atom is -0.465 e. The smallest absolute Gasteiger partial charge is 0.320 e. The molecule has 1 rings (SSSR count). The largest absolute Gasteiger partial charge is 0.465 e. The first kappa shape index (κ1) is 17.2. The highest BCUT2D eigenvalue weighted by Gasteiger charge is 2.25. The Morgan fingerprint density at radius 1 is 1.19 bits per heavy atom. The number of hydrogen-bond donors (Lipinski definition) is 0. The average Bonchev–Trinajstić information content (AvgIpc) is 2.46. The zero-order valence-electron chi connectivity index (χ0n) is 13.2. The molecule has 0 radical (unpaired) electrons. The van der Waals surface area contributed by atoms with Crippen molar-refractivity contribution >= 4 is 11.9 Å². The molecule has 0 spiro atoms. The Kier molecular flexibility index (Phi) is 6.88. The van der Waals surface area contributed by atoms with Crippen molar-refractivity contribution in [2.24, 2.45) is 0 Å². The fourth-order valence-electron chi connectivity index (χ4n) is 2.05. The van der Waals surface area contributed by atoms with Crippen LogP contribution in [0, 0.1) is 0 Å². The van der Waals surface area contributed by atoms with E-state index < -0.39 is 0 Å². The Morgan fingerprint density at radius 2 is 1.81 bits per heavy atom. The first-order valence-corrected chi connectivity index (χ1v) is 7.10. The van der Waals surface area contributed by atoms with E-state index in [9.17, 15) is 9.59 Å². The van der Waals surface area contributed by atoms with Gasteiger partial charge in [0.1, 0.15) is 0 Å². The van der Waals surface area contributed by atoms with Crippen molar-refractivity contribution in [3.8, 4) is 0 Å². The van der Waals surface area contributed by atoms with Crippen LogP contribution in [0.1, 0.15) is 19.4 Å². The van der Waals surface area contributed by atoms with Crippen LogP contribution in [0.2, 0.25) is 0 Å². The minimum atomic E-state index is -0.385. The SMILES string of the molecule is CCOC(=O)CN(Cc1ccccc1)C(C)C(=O)N(C)C. The van der Waals surface area contributed by atoms with Crippen LogP contribution in [0.3, 0.4) is 0 Å². The molecular weight excluding hydrogens is 268 g/mol. The summed E-state index contributed by atoms with van der Waals surface area (Å²) < 4.78 is 4.99. The second-order valence-electron chi connectivity index (χ2n) is 5.10. The number of amides is 1. The number of carbonyl (C=O) groups is 2. The van der Waals surface area contributed by atoms with Crippen molar-refractivity contribution in [2.45, 2.75) is 26.4 Å². The molecule has 1 aromatic rings. The number of esters is 1. The van der Waals surface area contributed by atoms with Crippen molar-refractivity contribution in [3.63, 3.8) is 0 Å². The van der Waals surface area contributed by atoms with E-state index in [2.05, 4.69) is 0 Å². The van der Waals surface area contributed by atoms with Crippen LogP contribution in [0.15, 0.2) is 30.3 Å². The van der Waals surface area contributed by atoms with Crippen LogP contribution < -0.4 is 0 Å². The molecule has 1 amide bonds. The molecule has 0 aliphatic rings. The quantitative estimate of drug-likeness (QED) is 0.715. The molecule has 0 saturated carbocycles. The Morgan fingerprint density at radius 3 is 2.33 bits per heavy atom. The van der Waals surface area contributed by atoms with Gasteiger partial charge in [-0.3, -0.25) is 14.5 Å². The monoisotopic (exact) mass is 292 g/mol. The molecule has 5 heteroatoms. The Balaban J connectivity index is 2.83. The summed E-state index contributed by atoms with van der Waals surface area (Å²) in [7, 11) is 3.42. The van der Waals surface area contributed by atoms with Gasteiger partial charge in [-0.2, -0.15) is 0 Å². The normalized spacial score (nSPS) is 12.0. The predicted octanol–water partition coefficient (Wildman–Crippen LogP) is 1.53. The first-order chi connectivity index (χ1) is 9.95. The van der Waals surface area contributed by atoms with E-state index in [4.69, 9.17) is 4.74 Å². The molecule has 116 valence electrons. The van der Waals surface area contributed by atoms with E-state index in [1.807, 2.05) is 42.2 Å². The second kappa shape index (κ2) is 8.42. The van der Waals surface area contributed by atoms with Gasteiger partial charge in [-0.15, -0.1) is 0 Å². The lowest BCUT2D eigenvalue weighted by Crippen LogP contribution is -2.46. The second-order valence-corrected chi connectivity index (χ2v) is 5.10. The number of ether oxygens (including phenoxy) is 1. The Labute approximate surface area is 126 Å². The highest BCUT2D eigenvalue weighted by atomic mass is 16.5. The predicted molar refractivity (Wildman–Crippen MR) is 81.6 cm³/mol. The number of likely N-dealkylation sites (N-methyl/N-ethyl adjacent to an activating group) is 1. The maximum Gasteiger partial charge on any atom is 0.320 e. The van der Waals surface area contributed by atoms with Crippen molar-refractivity contribution in [3.05, 3.63) is 35.9 Å². The molecule has 1 unspecified atom stereocenters. The van der Waals surface area contributed by atoms with Crippen LogP contribution in [-0.4, -0.2) is 55.0 Å². The highest BCUT2D eigenvalue weighted by molar-refractivity contribution is 5.82. The van der Waals surface area contributed by atoms with E-state index in [1.54, 1.807) is 21.0 Å². The number of benzene rings is 1. The fraction of sp³-hybridized carbons (Fsp3) is 0.500. The number of rotatable bonds is 7. The number of nitrogens with zero attached hydrogens (tertiary/aromatic N) is 2. The van der Waals surface area contributed by atoms with E-state index in [0.29, 0.717) is 13.2 Å². The van der Waals surface area contributed by atoms with Gasteiger partial charge in [0.25, 0.3) is 0 Å². The van der Waals surface area contributed by atoms with E-state index >= 15 is 0 Å². The van der Waals surface area contributed by atoms with Gasteiger partial charge < -0.3 is 9.64 Å². The van der Waals surface area contributed by atoms with Crippen molar-refractivity contribution in [1.29, 1.82) is 0 Å². The van der Waals surface area contributed by atoms with E-state index in [1.165, 1.54) is 4.90 Å². The molecule has 5 nitrogen and oxygen atoms in total. The van der Waals surface area contributed by atoms with Crippen molar-refractivity contribution in [2.75, 3.05) is 27.2 Å². The van der Waals surface area contributed by atoms with Gasteiger partial charge >= 0.3 is 5.97 Å². The number of hydrogen-bond acceptors (Lipinski definition) is 4. The molecular formula is C16H24N2O3. The third kappa shape index (κ3) is 5.55. The molecule has 0 bridgehead atoms. The maximum absolute atomic E-state index is 12.1. The Hall–Kier alpha value is -1.88. The molecule has 0 saturated heterocycles. The average molecular weight is 292 g/mol. The van der Waals surface area contributed by atoms with Gasteiger partial charge in [-0.1, -0.05) is 30.3 Å². The topological polar surface area (TPSA) is 49.9 Å². The van der Waals surface area contributed by atoms with Crippen molar-refractivity contribution < 1.29 is 14.3 Å². The lowest BCUT2D eigenvalue weighted by atomic mass is 10.1. The Bertz CT molecular complexity index is 460. The van der Waals surface area contributed by atoms with E-state index in [-0.39, 0.29) is 24.5 Å². The van der Waals surface area contributed by atoms with Crippen LogP contribution >= 0.6 is 0 Å². The maximum atomic E-state index is 12.1. The van der Waals surface area contributed by atoms with Gasteiger partial charge in [0.05, 0.1) is 19.2 Å². The summed E-state index contributed by atoms with van der Waals surface area (Å²) in [6.07, 6.45) is 0. The fourth-order valence-corrected chi connectivity index (χ4v) is 2.05. The highest BCUT2D eigenvalue weighted by Crippen LogP contribution is 2.10. The molecule has 0 N–H and O–H groups in total. The molecule has 0 aromatic heterocycles. The summed E-state index contributed by atoms with van der Waals surface area (Å²) in [6.45, 7) is 4.55. The summed E-state index contributed by atoms with van der Waals surface area (Å²) in [5.74, 6) is -0.345. The van der Waals surface area contributed by atoms with E-state index in [0.717, 1.165) is 5.56 Å². The minimum absolute atomic E-state index is 0.0322. The summed E-state index contributed by atoms with van der Waals surface area (Å²) in [4.78, 5) is 27.3. The molecule has 1 atom stereocenters. The third-order valence-corrected chi connectivity index (χ3v) is 3.21. The lowest BCUT2D eigenvalue weighted by Gasteiger charge is -2.29. The van der Waals surface area contributed by atoms with Crippen molar-refractivity contribution in [1.82, 2.24) is 9.80 Å². The van der Waals surface area contributed by atoms with Gasteiger partial charge in [0, 0.05) is 20.6 Å². The van der Waals surface area contributed by atoms with Crippen LogP contribution in [0.25, 0.3) is 0 Å². The van der Waals surface area contributed by atoms with Crippen LogP contribution in [-0.2, 0) is 20.9 Å².